The lowest BCUT2D eigenvalue weighted by atomic mass is 10.0. The van der Waals surface area contributed by atoms with Gasteiger partial charge in [0, 0.05) is 48.2 Å². The summed E-state index contributed by atoms with van der Waals surface area (Å²) in [5.41, 5.74) is 5.39. The number of fused-ring (bicyclic) bond motifs is 1. The predicted molar refractivity (Wildman–Crippen MR) is 142 cm³/mol. The SMILES string of the molecule is CC(c1ccc(-c2cccn3nc(Nc4ccc(C(=O)NC5CC5)cc4)nc23)cc1)N1CCNC(=O)C1. The topological polar surface area (TPSA) is 104 Å². The van der Waals surface area contributed by atoms with E-state index in [0.717, 1.165) is 41.8 Å². The van der Waals surface area contributed by atoms with E-state index >= 15 is 0 Å². The molecule has 3 heterocycles. The third kappa shape index (κ3) is 5.03. The van der Waals surface area contributed by atoms with Gasteiger partial charge in [-0.3, -0.25) is 14.5 Å². The molecule has 9 nitrogen and oxygen atoms in total. The van der Waals surface area contributed by atoms with Gasteiger partial charge in [0.15, 0.2) is 5.65 Å². The van der Waals surface area contributed by atoms with Crippen molar-refractivity contribution < 1.29 is 9.59 Å². The van der Waals surface area contributed by atoms with Gasteiger partial charge in [-0.05, 0) is 67.3 Å². The Labute approximate surface area is 214 Å². The van der Waals surface area contributed by atoms with Crippen LogP contribution in [0.1, 0.15) is 41.7 Å². The fourth-order valence-electron chi connectivity index (χ4n) is 4.66. The van der Waals surface area contributed by atoms with Gasteiger partial charge in [0.25, 0.3) is 5.91 Å². The Hall–Kier alpha value is -4.24. The number of nitrogens with zero attached hydrogens (tertiary/aromatic N) is 4. The molecule has 1 aliphatic carbocycles. The fraction of sp³-hybridized carbons (Fsp3) is 0.286. The van der Waals surface area contributed by atoms with Gasteiger partial charge in [0.2, 0.25) is 11.9 Å². The van der Waals surface area contributed by atoms with E-state index in [-0.39, 0.29) is 17.9 Å². The van der Waals surface area contributed by atoms with Crippen molar-refractivity contribution >= 4 is 29.1 Å². The summed E-state index contributed by atoms with van der Waals surface area (Å²) in [5.74, 6) is 0.523. The number of amides is 2. The number of piperazine rings is 1. The van der Waals surface area contributed by atoms with E-state index in [0.29, 0.717) is 30.6 Å². The van der Waals surface area contributed by atoms with Crippen LogP contribution in [0.25, 0.3) is 16.8 Å². The average Bonchev–Trinajstić information content (AvgIpc) is 3.64. The Morgan fingerprint density at radius 1 is 1.08 bits per heavy atom. The van der Waals surface area contributed by atoms with Crippen molar-refractivity contribution in [2.45, 2.75) is 31.8 Å². The van der Waals surface area contributed by atoms with Crippen molar-refractivity contribution in [1.29, 1.82) is 0 Å². The van der Waals surface area contributed by atoms with Gasteiger partial charge in [-0.2, -0.15) is 4.98 Å². The van der Waals surface area contributed by atoms with Crippen molar-refractivity contribution in [2.75, 3.05) is 25.0 Å². The summed E-state index contributed by atoms with van der Waals surface area (Å²) in [5, 5.41) is 13.7. The van der Waals surface area contributed by atoms with Crippen molar-refractivity contribution in [3.8, 4) is 11.1 Å². The molecule has 2 amide bonds. The number of anilines is 2. The highest BCUT2D eigenvalue weighted by atomic mass is 16.2. The minimum Gasteiger partial charge on any atom is -0.354 e. The second-order valence-electron chi connectivity index (χ2n) is 9.69. The zero-order valence-electron chi connectivity index (χ0n) is 20.6. The maximum Gasteiger partial charge on any atom is 0.251 e. The zero-order valence-corrected chi connectivity index (χ0v) is 20.6. The van der Waals surface area contributed by atoms with Crippen molar-refractivity contribution in [3.05, 3.63) is 78.0 Å². The second kappa shape index (κ2) is 9.67. The van der Waals surface area contributed by atoms with Crippen LogP contribution in [-0.2, 0) is 4.79 Å². The largest absolute Gasteiger partial charge is 0.354 e. The highest BCUT2D eigenvalue weighted by molar-refractivity contribution is 5.95. The molecular weight excluding hydrogens is 466 g/mol. The molecule has 1 saturated carbocycles. The van der Waals surface area contributed by atoms with Crippen LogP contribution in [0, 0.1) is 0 Å². The molecule has 1 unspecified atom stereocenters. The number of nitrogens with one attached hydrogen (secondary N) is 3. The zero-order chi connectivity index (χ0) is 25.4. The number of hydrogen-bond acceptors (Lipinski definition) is 6. The van der Waals surface area contributed by atoms with Gasteiger partial charge < -0.3 is 16.0 Å². The first-order valence-corrected chi connectivity index (χ1v) is 12.7. The van der Waals surface area contributed by atoms with Gasteiger partial charge in [-0.1, -0.05) is 24.3 Å². The lowest BCUT2D eigenvalue weighted by molar-refractivity contribution is -0.124. The molecule has 0 radical (unpaired) electrons. The van der Waals surface area contributed by atoms with E-state index in [2.05, 4.69) is 57.1 Å². The molecule has 4 aromatic rings. The van der Waals surface area contributed by atoms with Crippen molar-refractivity contribution in [2.24, 2.45) is 0 Å². The van der Waals surface area contributed by atoms with Gasteiger partial charge in [0.05, 0.1) is 6.54 Å². The molecule has 188 valence electrons. The number of rotatable bonds is 7. The van der Waals surface area contributed by atoms with Crippen LogP contribution in [0.4, 0.5) is 11.6 Å². The third-order valence-electron chi connectivity index (χ3n) is 7.00. The maximum atomic E-state index is 12.2. The van der Waals surface area contributed by atoms with Crippen LogP contribution >= 0.6 is 0 Å². The molecule has 2 fully saturated rings. The molecular formula is C28H29N7O2. The first kappa shape index (κ1) is 23.2. The van der Waals surface area contributed by atoms with Gasteiger partial charge in [0.1, 0.15) is 0 Å². The Morgan fingerprint density at radius 3 is 2.59 bits per heavy atom. The maximum absolute atomic E-state index is 12.2. The quantitative estimate of drug-likeness (QED) is 0.363. The minimum atomic E-state index is -0.0358. The molecule has 0 spiro atoms. The number of hydrogen-bond donors (Lipinski definition) is 3. The van der Waals surface area contributed by atoms with E-state index in [9.17, 15) is 9.59 Å². The van der Waals surface area contributed by atoms with Crippen LogP contribution in [0.15, 0.2) is 66.9 Å². The molecule has 2 aliphatic rings. The van der Waals surface area contributed by atoms with Gasteiger partial charge >= 0.3 is 0 Å². The van der Waals surface area contributed by atoms with Gasteiger partial charge in [-0.15, -0.1) is 5.10 Å². The molecule has 9 heteroatoms. The molecule has 3 N–H and O–H groups in total. The fourth-order valence-corrected chi connectivity index (χ4v) is 4.66. The number of benzene rings is 2. The molecule has 0 bridgehead atoms. The predicted octanol–water partition coefficient (Wildman–Crippen LogP) is 3.52. The summed E-state index contributed by atoms with van der Waals surface area (Å²) in [6, 6.07) is 20.2. The second-order valence-corrected chi connectivity index (χ2v) is 9.69. The van der Waals surface area contributed by atoms with Crippen LogP contribution < -0.4 is 16.0 Å². The molecule has 6 rings (SSSR count). The summed E-state index contributed by atoms with van der Waals surface area (Å²) in [7, 11) is 0. The highest BCUT2D eigenvalue weighted by Crippen LogP contribution is 2.28. The standard InChI is InChI=1S/C28H29N7O2/c1-18(34-16-14-29-25(36)17-34)19-4-6-20(7-5-19)24-3-2-15-35-26(24)32-28(33-35)31-23-10-8-21(9-11-23)27(37)30-22-12-13-22/h2-11,15,18,22H,12-14,16-17H2,1H3,(H,29,36)(H,30,37)(H,31,33). The summed E-state index contributed by atoms with van der Waals surface area (Å²) >= 11 is 0. The lowest BCUT2D eigenvalue weighted by Crippen LogP contribution is -2.48. The van der Waals surface area contributed by atoms with Crippen molar-refractivity contribution in [1.82, 2.24) is 30.1 Å². The monoisotopic (exact) mass is 495 g/mol. The van der Waals surface area contributed by atoms with E-state index in [4.69, 9.17) is 4.98 Å². The molecule has 37 heavy (non-hydrogen) atoms. The Bertz CT molecular complexity index is 1440. The summed E-state index contributed by atoms with van der Waals surface area (Å²) < 4.78 is 1.76. The van der Waals surface area contributed by atoms with E-state index in [1.807, 2.05) is 30.5 Å². The Balaban J connectivity index is 1.19. The van der Waals surface area contributed by atoms with Crippen LogP contribution in [0.3, 0.4) is 0 Å². The number of aromatic nitrogens is 3. The normalized spacial score (nSPS) is 16.8. The van der Waals surface area contributed by atoms with E-state index in [1.54, 1.807) is 16.6 Å². The minimum absolute atomic E-state index is 0.0358. The van der Waals surface area contributed by atoms with Crippen LogP contribution in [-0.4, -0.2) is 57.0 Å². The molecule has 1 atom stereocenters. The summed E-state index contributed by atoms with van der Waals surface area (Å²) in [6.07, 6.45) is 4.00. The van der Waals surface area contributed by atoms with E-state index in [1.165, 1.54) is 5.56 Å². The van der Waals surface area contributed by atoms with Crippen LogP contribution in [0.2, 0.25) is 0 Å². The number of carbonyl (C=O) groups excluding carboxylic acids is 2. The number of carbonyl (C=O) groups is 2. The Kier molecular flexibility index (Phi) is 6.05. The molecule has 2 aromatic heterocycles. The molecule has 2 aromatic carbocycles. The average molecular weight is 496 g/mol. The van der Waals surface area contributed by atoms with E-state index < -0.39 is 0 Å². The van der Waals surface area contributed by atoms with Crippen molar-refractivity contribution in [3.63, 3.8) is 0 Å². The van der Waals surface area contributed by atoms with Crippen LogP contribution in [0.5, 0.6) is 0 Å². The first-order valence-electron chi connectivity index (χ1n) is 12.7. The molecule has 1 aliphatic heterocycles. The van der Waals surface area contributed by atoms with Gasteiger partial charge in [-0.25, -0.2) is 4.52 Å². The highest BCUT2D eigenvalue weighted by Gasteiger charge is 2.24. The first-order chi connectivity index (χ1) is 18.0. The smallest absolute Gasteiger partial charge is 0.251 e. The third-order valence-corrected chi connectivity index (χ3v) is 7.00. The summed E-state index contributed by atoms with van der Waals surface area (Å²) in [4.78, 5) is 30.9. The number of pyridine rings is 1. The Morgan fingerprint density at radius 2 is 1.86 bits per heavy atom. The summed E-state index contributed by atoms with van der Waals surface area (Å²) in [6.45, 7) is 4.09. The molecule has 1 saturated heterocycles. The lowest BCUT2D eigenvalue weighted by Gasteiger charge is -2.32.